The van der Waals surface area contributed by atoms with Crippen LogP contribution in [0.4, 0.5) is 5.13 Å². The quantitative estimate of drug-likeness (QED) is 0.516. The van der Waals surface area contributed by atoms with Gasteiger partial charge in [0.15, 0.2) is 5.13 Å². The molecule has 1 amide bonds. The van der Waals surface area contributed by atoms with Crippen molar-refractivity contribution in [2.75, 3.05) is 11.6 Å². The lowest BCUT2D eigenvalue weighted by Crippen LogP contribution is -2.13. The fourth-order valence-corrected chi connectivity index (χ4v) is 3.27. The number of nitrogens with zero attached hydrogens (tertiary/aromatic N) is 1. The third kappa shape index (κ3) is 5.48. The first kappa shape index (κ1) is 19.3. The zero-order valence-corrected chi connectivity index (χ0v) is 16.9. The number of carbonyl (C=O) groups is 1. The van der Waals surface area contributed by atoms with Crippen molar-refractivity contribution in [2.24, 2.45) is 0 Å². The van der Waals surface area contributed by atoms with E-state index in [1.807, 2.05) is 44.4 Å². The number of thioether (sulfide) groups is 1. The van der Waals surface area contributed by atoms with Crippen LogP contribution < -0.4 is 14.8 Å². The van der Waals surface area contributed by atoms with Crippen LogP contribution in [0.5, 0.6) is 17.2 Å². The van der Waals surface area contributed by atoms with E-state index in [0.717, 1.165) is 4.90 Å². The highest BCUT2D eigenvalue weighted by atomic mass is 32.2. The molecular weight excluding hydrogens is 380 g/mol. The Labute approximate surface area is 166 Å². The van der Waals surface area contributed by atoms with Crippen LogP contribution in [-0.2, 0) is 0 Å². The summed E-state index contributed by atoms with van der Waals surface area (Å²) in [6, 6.07) is 13.0. The van der Waals surface area contributed by atoms with Crippen molar-refractivity contribution in [1.29, 1.82) is 0 Å². The molecular formula is C20H20N2O3S2. The van der Waals surface area contributed by atoms with Gasteiger partial charge < -0.3 is 9.47 Å². The molecule has 0 radical (unpaired) electrons. The molecule has 0 bridgehead atoms. The fraction of sp³-hybridized carbons (Fsp3) is 0.200. The van der Waals surface area contributed by atoms with Crippen LogP contribution in [-0.4, -0.2) is 23.3 Å². The van der Waals surface area contributed by atoms with Gasteiger partial charge in [0.05, 0.1) is 6.10 Å². The maximum absolute atomic E-state index is 12.6. The van der Waals surface area contributed by atoms with E-state index in [1.165, 1.54) is 11.3 Å². The van der Waals surface area contributed by atoms with Crippen molar-refractivity contribution < 1.29 is 14.3 Å². The maximum atomic E-state index is 12.6. The number of carbonyl (C=O) groups excluding carboxylic acids is 1. The van der Waals surface area contributed by atoms with Gasteiger partial charge in [-0.3, -0.25) is 10.1 Å². The zero-order chi connectivity index (χ0) is 19.2. The predicted molar refractivity (Wildman–Crippen MR) is 111 cm³/mol. The van der Waals surface area contributed by atoms with E-state index >= 15 is 0 Å². The van der Waals surface area contributed by atoms with Gasteiger partial charge in [-0.15, -0.1) is 23.1 Å². The number of rotatable bonds is 7. The molecule has 0 unspecified atom stereocenters. The molecule has 1 heterocycles. The molecule has 0 saturated carbocycles. The van der Waals surface area contributed by atoms with Gasteiger partial charge in [0.25, 0.3) is 5.91 Å². The van der Waals surface area contributed by atoms with Gasteiger partial charge >= 0.3 is 0 Å². The van der Waals surface area contributed by atoms with Crippen LogP contribution in [0.15, 0.2) is 58.9 Å². The minimum atomic E-state index is -0.262. The van der Waals surface area contributed by atoms with Crippen molar-refractivity contribution in [3.8, 4) is 17.2 Å². The first-order chi connectivity index (χ1) is 13.0. The second-order valence-corrected chi connectivity index (χ2v) is 7.70. The van der Waals surface area contributed by atoms with Gasteiger partial charge in [0, 0.05) is 28.1 Å². The van der Waals surface area contributed by atoms with Crippen LogP contribution in [0.25, 0.3) is 0 Å². The highest BCUT2D eigenvalue weighted by Crippen LogP contribution is 2.29. The third-order valence-electron chi connectivity index (χ3n) is 3.46. The highest BCUT2D eigenvalue weighted by Gasteiger charge is 2.13. The average molecular weight is 401 g/mol. The van der Waals surface area contributed by atoms with Crippen molar-refractivity contribution >= 4 is 34.1 Å². The third-order valence-corrected chi connectivity index (χ3v) is 4.89. The highest BCUT2D eigenvalue weighted by molar-refractivity contribution is 7.98. The monoisotopic (exact) mass is 400 g/mol. The number of aromatic nitrogens is 1. The van der Waals surface area contributed by atoms with E-state index in [1.54, 1.807) is 41.5 Å². The first-order valence-electron chi connectivity index (χ1n) is 8.38. The van der Waals surface area contributed by atoms with E-state index < -0.39 is 0 Å². The van der Waals surface area contributed by atoms with Crippen molar-refractivity contribution in [1.82, 2.24) is 4.98 Å². The zero-order valence-electron chi connectivity index (χ0n) is 15.3. The molecule has 5 nitrogen and oxygen atoms in total. The Kier molecular flexibility index (Phi) is 6.36. The molecule has 0 aliphatic carbocycles. The molecule has 0 aliphatic rings. The van der Waals surface area contributed by atoms with E-state index in [2.05, 4.69) is 10.3 Å². The van der Waals surface area contributed by atoms with Gasteiger partial charge in [0.1, 0.15) is 17.2 Å². The van der Waals surface area contributed by atoms with Crippen LogP contribution >= 0.6 is 23.1 Å². The summed E-state index contributed by atoms with van der Waals surface area (Å²) in [4.78, 5) is 17.8. The summed E-state index contributed by atoms with van der Waals surface area (Å²) in [6.07, 6.45) is 3.65. The van der Waals surface area contributed by atoms with Crippen molar-refractivity contribution in [3.05, 3.63) is 59.6 Å². The number of anilines is 1. The Morgan fingerprint density at radius 2 is 1.85 bits per heavy atom. The molecule has 27 heavy (non-hydrogen) atoms. The Balaban J connectivity index is 1.86. The second-order valence-electron chi connectivity index (χ2n) is 5.93. The van der Waals surface area contributed by atoms with Crippen LogP contribution in [0.2, 0.25) is 0 Å². The van der Waals surface area contributed by atoms with Gasteiger partial charge in [-0.05, 0) is 56.5 Å². The fourth-order valence-electron chi connectivity index (χ4n) is 2.34. The molecule has 2 aromatic carbocycles. The molecule has 0 spiro atoms. The topological polar surface area (TPSA) is 60.5 Å². The molecule has 3 aromatic rings. The average Bonchev–Trinajstić information content (AvgIpc) is 3.14. The second kappa shape index (κ2) is 8.92. The van der Waals surface area contributed by atoms with Gasteiger partial charge in [0.2, 0.25) is 0 Å². The predicted octanol–water partition coefficient (Wildman–Crippen LogP) is 5.70. The Hall–Kier alpha value is -2.51. The largest absolute Gasteiger partial charge is 0.491 e. The lowest BCUT2D eigenvalue weighted by molar-refractivity contribution is 0.102. The van der Waals surface area contributed by atoms with Gasteiger partial charge in [-0.25, -0.2) is 4.98 Å². The van der Waals surface area contributed by atoms with E-state index in [9.17, 15) is 4.79 Å². The molecule has 140 valence electrons. The van der Waals surface area contributed by atoms with E-state index in [0.29, 0.717) is 27.9 Å². The first-order valence-corrected chi connectivity index (χ1v) is 10.5. The van der Waals surface area contributed by atoms with Gasteiger partial charge in [-0.1, -0.05) is 0 Å². The number of thiazole rings is 1. The molecule has 1 N–H and O–H groups in total. The summed E-state index contributed by atoms with van der Waals surface area (Å²) in [6.45, 7) is 3.87. The Morgan fingerprint density at radius 3 is 2.48 bits per heavy atom. The number of benzene rings is 2. The van der Waals surface area contributed by atoms with Crippen LogP contribution in [0.3, 0.4) is 0 Å². The van der Waals surface area contributed by atoms with E-state index in [4.69, 9.17) is 9.47 Å². The lowest BCUT2D eigenvalue weighted by Gasteiger charge is -2.14. The number of nitrogens with one attached hydrogen (secondary N) is 1. The Morgan fingerprint density at radius 1 is 1.11 bits per heavy atom. The number of hydrogen-bond donors (Lipinski definition) is 1. The molecule has 1 aromatic heterocycles. The molecule has 0 atom stereocenters. The smallest absolute Gasteiger partial charge is 0.257 e. The van der Waals surface area contributed by atoms with Crippen LogP contribution in [0, 0.1) is 0 Å². The van der Waals surface area contributed by atoms with Crippen LogP contribution in [0.1, 0.15) is 24.2 Å². The Bertz CT molecular complexity index is 894. The summed E-state index contributed by atoms with van der Waals surface area (Å²) < 4.78 is 11.7. The SMILES string of the molecule is CSc1ccc(Oc2cc(OC(C)C)cc(C(=O)Nc3nccs3)c2)cc1. The van der Waals surface area contributed by atoms with Crippen molar-refractivity contribution in [3.63, 3.8) is 0 Å². The summed E-state index contributed by atoms with van der Waals surface area (Å²) >= 11 is 3.03. The summed E-state index contributed by atoms with van der Waals surface area (Å²) in [5, 5.41) is 5.13. The maximum Gasteiger partial charge on any atom is 0.257 e. The molecule has 0 aliphatic heterocycles. The molecule has 0 fully saturated rings. The standard InChI is InChI=1S/C20H20N2O3S2/c1-13(2)24-16-10-14(19(23)22-20-21-8-9-27-20)11-17(12-16)25-15-4-6-18(26-3)7-5-15/h4-13H,1-3H3,(H,21,22,23). The molecule has 0 saturated heterocycles. The number of hydrogen-bond acceptors (Lipinski definition) is 6. The van der Waals surface area contributed by atoms with E-state index in [-0.39, 0.29) is 12.0 Å². The molecule has 3 rings (SSSR count). The molecule has 7 heteroatoms. The van der Waals surface area contributed by atoms with Gasteiger partial charge in [-0.2, -0.15) is 0 Å². The number of ether oxygens (including phenoxy) is 2. The minimum absolute atomic E-state index is 0.0176. The normalized spacial score (nSPS) is 10.7. The van der Waals surface area contributed by atoms with Crippen molar-refractivity contribution in [2.45, 2.75) is 24.8 Å². The number of amides is 1. The summed E-state index contributed by atoms with van der Waals surface area (Å²) in [7, 11) is 0. The summed E-state index contributed by atoms with van der Waals surface area (Å²) in [5.74, 6) is 1.55. The lowest BCUT2D eigenvalue weighted by atomic mass is 10.2. The summed E-state index contributed by atoms with van der Waals surface area (Å²) in [5.41, 5.74) is 0.444. The minimum Gasteiger partial charge on any atom is -0.491 e.